The van der Waals surface area contributed by atoms with Gasteiger partial charge in [0.15, 0.2) is 5.69 Å². The molecule has 3 aromatic rings. The van der Waals surface area contributed by atoms with Crippen molar-refractivity contribution in [1.82, 2.24) is 9.88 Å². The molecular formula is C23H23N5O4. The number of para-hydroxylation sites is 1. The van der Waals surface area contributed by atoms with Crippen molar-refractivity contribution in [1.29, 1.82) is 5.26 Å². The summed E-state index contributed by atoms with van der Waals surface area (Å²) in [5.74, 6) is -0.395. The number of azo groups is 1. The van der Waals surface area contributed by atoms with Gasteiger partial charge in [0.05, 0.1) is 25.1 Å². The van der Waals surface area contributed by atoms with Gasteiger partial charge in [-0.25, -0.2) is 0 Å². The van der Waals surface area contributed by atoms with Gasteiger partial charge < -0.3 is 19.7 Å². The smallest absolute Gasteiger partial charge is 0.283 e. The standard InChI is InChI=1S/C23H23N5O4/c1-32-17-10-8-16(9-11-17)14-20(29)25-15-21(30)26-27-22-18-6-2-3-7-19(18)28(23(22)31)13-5-4-12-24/h2-3,6-11,31H,4-5,13-15H2,1H3,(H,25,29). The number of ether oxygens (including phenoxy) is 1. The second kappa shape index (κ2) is 10.7. The largest absolute Gasteiger partial charge is 0.497 e. The molecule has 164 valence electrons. The molecule has 2 N–H and O–H groups in total. The summed E-state index contributed by atoms with van der Waals surface area (Å²) in [6, 6.07) is 16.3. The zero-order valence-electron chi connectivity index (χ0n) is 17.6. The van der Waals surface area contributed by atoms with Crippen LogP contribution in [0.5, 0.6) is 11.6 Å². The molecule has 0 saturated heterocycles. The quantitative estimate of drug-likeness (QED) is 0.393. The third-order valence-electron chi connectivity index (χ3n) is 4.81. The third kappa shape index (κ3) is 5.49. The van der Waals surface area contributed by atoms with E-state index in [0.717, 1.165) is 11.1 Å². The van der Waals surface area contributed by atoms with E-state index < -0.39 is 5.91 Å². The van der Waals surface area contributed by atoms with Crippen molar-refractivity contribution >= 4 is 28.4 Å². The lowest BCUT2D eigenvalue weighted by atomic mass is 10.1. The molecule has 32 heavy (non-hydrogen) atoms. The molecule has 2 aromatic carbocycles. The van der Waals surface area contributed by atoms with Gasteiger partial charge >= 0.3 is 0 Å². The predicted molar refractivity (Wildman–Crippen MR) is 118 cm³/mol. The van der Waals surface area contributed by atoms with Crippen molar-refractivity contribution in [2.45, 2.75) is 25.8 Å². The second-order valence-electron chi connectivity index (χ2n) is 7.00. The molecule has 9 heteroatoms. The van der Waals surface area contributed by atoms with E-state index >= 15 is 0 Å². The average Bonchev–Trinajstić information content (AvgIpc) is 3.08. The molecule has 0 unspecified atom stereocenters. The van der Waals surface area contributed by atoms with E-state index in [-0.39, 0.29) is 30.4 Å². The van der Waals surface area contributed by atoms with E-state index in [9.17, 15) is 14.7 Å². The van der Waals surface area contributed by atoms with Crippen LogP contribution in [-0.4, -0.2) is 35.1 Å². The topological polar surface area (TPSA) is 129 Å². The third-order valence-corrected chi connectivity index (χ3v) is 4.81. The number of fused-ring (bicyclic) bond motifs is 1. The number of hydrogen-bond donors (Lipinski definition) is 2. The zero-order chi connectivity index (χ0) is 22.9. The summed E-state index contributed by atoms with van der Waals surface area (Å²) in [6.45, 7) is 0.130. The first-order chi connectivity index (χ1) is 15.5. The summed E-state index contributed by atoms with van der Waals surface area (Å²) in [7, 11) is 1.56. The van der Waals surface area contributed by atoms with Gasteiger partial charge in [0.25, 0.3) is 5.91 Å². The number of hydrogen-bond acceptors (Lipinski definition) is 6. The Morgan fingerprint density at radius 2 is 1.94 bits per heavy atom. The number of carbonyl (C=O) groups excluding carboxylic acids is 2. The first-order valence-corrected chi connectivity index (χ1v) is 10.0. The maximum atomic E-state index is 12.1. The minimum atomic E-state index is -0.645. The summed E-state index contributed by atoms with van der Waals surface area (Å²) in [4.78, 5) is 24.2. The van der Waals surface area contributed by atoms with Crippen LogP contribution < -0.4 is 10.1 Å². The van der Waals surface area contributed by atoms with Crippen molar-refractivity contribution < 1.29 is 19.4 Å². The van der Waals surface area contributed by atoms with Crippen molar-refractivity contribution in [3.63, 3.8) is 0 Å². The zero-order valence-corrected chi connectivity index (χ0v) is 17.6. The molecule has 1 heterocycles. The van der Waals surface area contributed by atoms with E-state index in [1.54, 1.807) is 48.1 Å². The monoisotopic (exact) mass is 433 g/mol. The fraction of sp³-hybridized carbons (Fsp3) is 0.261. The average molecular weight is 433 g/mol. The van der Waals surface area contributed by atoms with Gasteiger partial charge in [-0.15, -0.1) is 10.2 Å². The van der Waals surface area contributed by atoms with Gasteiger partial charge in [-0.05, 0) is 30.2 Å². The molecule has 3 rings (SSSR count). The molecule has 0 atom stereocenters. The van der Waals surface area contributed by atoms with Gasteiger partial charge in [-0.1, -0.05) is 30.3 Å². The predicted octanol–water partition coefficient (Wildman–Crippen LogP) is 3.63. The van der Waals surface area contributed by atoms with Crippen molar-refractivity contribution in [2.24, 2.45) is 10.2 Å². The molecule has 9 nitrogen and oxygen atoms in total. The lowest BCUT2D eigenvalue weighted by Crippen LogP contribution is -2.29. The molecule has 0 saturated carbocycles. The normalized spacial score (nSPS) is 10.9. The van der Waals surface area contributed by atoms with Gasteiger partial charge in [0, 0.05) is 18.4 Å². The summed E-state index contributed by atoms with van der Waals surface area (Å²) < 4.78 is 6.72. The van der Waals surface area contributed by atoms with Gasteiger partial charge in [-0.3, -0.25) is 9.59 Å². The lowest BCUT2D eigenvalue weighted by Gasteiger charge is -2.04. The molecular weight excluding hydrogens is 410 g/mol. The number of amides is 2. The van der Waals surface area contributed by atoms with E-state index in [1.165, 1.54) is 0 Å². The molecule has 0 spiro atoms. The Labute approximate surface area is 184 Å². The number of nitriles is 1. The molecule has 0 aliphatic carbocycles. The van der Waals surface area contributed by atoms with Crippen molar-refractivity contribution in [3.8, 4) is 17.7 Å². The highest BCUT2D eigenvalue weighted by Gasteiger charge is 2.16. The number of aromatic nitrogens is 1. The maximum Gasteiger partial charge on any atom is 0.283 e. The summed E-state index contributed by atoms with van der Waals surface area (Å²) in [6.07, 6.45) is 1.04. The number of unbranched alkanes of at least 4 members (excludes halogenated alkanes) is 1. The Morgan fingerprint density at radius 3 is 2.66 bits per heavy atom. The minimum Gasteiger partial charge on any atom is -0.497 e. The van der Waals surface area contributed by atoms with Crippen LogP contribution in [0.3, 0.4) is 0 Å². The highest BCUT2D eigenvalue weighted by Crippen LogP contribution is 2.38. The molecule has 1 aromatic heterocycles. The fourth-order valence-corrected chi connectivity index (χ4v) is 3.22. The van der Waals surface area contributed by atoms with Crippen LogP contribution in [0.1, 0.15) is 18.4 Å². The minimum absolute atomic E-state index is 0.116. The number of rotatable bonds is 9. The summed E-state index contributed by atoms with van der Waals surface area (Å²) in [5.41, 5.74) is 1.69. The van der Waals surface area contributed by atoms with E-state index in [1.807, 2.05) is 12.1 Å². The van der Waals surface area contributed by atoms with Crippen LogP contribution in [-0.2, 0) is 22.6 Å². The molecule has 2 amide bonds. The van der Waals surface area contributed by atoms with Crippen molar-refractivity contribution in [2.75, 3.05) is 13.7 Å². The number of nitrogens with one attached hydrogen (secondary N) is 1. The van der Waals surface area contributed by atoms with Crippen molar-refractivity contribution in [3.05, 3.63) is 54.1 Å². The maximum absolute atomic E-state index is 12.1. The van der Waals surface area contributed by atoms with Crippen LogP contribution in [0.15, 0.2) is 58.8 Å². The van der Waals surface area contributed by atoms with E-state index in [2.05, 4.69) is 21.6 Å². The number of aromatic hydroxyl groups is 1. The number of aryl methyl sites for hydroxylation is 1. The molecule has 0 aliphatic heterocycles. The molecule has 0 bridgehead atoms. The molecule has 0 radical (unpaired) electrons. The van der Waals surface area contributed by atoms with Gasteiger partial charge in [0.2, 0.25) is 11.8 Å². The Bertz CT molecular complexity index is 1180. The highest BCUT2D eigenvalue weighted by molar-refractivity contribution is 5.95. The summed E-state index contributed by atoms with van der Waals surface area (Å²) in [5, 5.41) is 30.1. The number of methoxy groups -OCH3 is 1. The Morgan fingerprint density at radius 1 is 1.19 bits per heavy atom. The number of carbonyl (C=O) groups is 2. The highest BCUT2D eigenvalue weighted by atomic mass is 16.5. The SMILES string of the molecule is COc1ccc(CC(=O)NCC(=O)N=Nc2c(O)n(CCCC#N)c3ccccc23)cc1. The number of benzene rings is 2. The summed E-state index contributed by atoms with van der Waals surface area (Å²) >= 11 is 0. The van der Waals surface area contributed by atoms with Crippen LogP contribution in [0, 0.1) is 11.3 Å². The Hall–Kier alpha value is -4.19. The van der Waals surface area contributed by atoms with Gasteiger partial charge in [0.1, 0.15) is 12.3 Å². The van der Waals surface area contributed by atoms with E-state index in [0.29, 0.717) is 30.5 Å². The van der Waals surface area contributed by atoms with Crippen LogP contribution >= 0.6 is 0 Å². The first-order valence-electron chi connectivity index (χ1n) is 10.0. The molecule has 0 aliphatic rings. The fourth-order valence-electron chi connectivity index (χ4n) is 3.22. The van der Waals surface area contributed by atoms with Crippen LogP contribution in [0.2, 0.25) is 0 Å². The Kier molecular flexibility index (Phi) is 7.54. The van der Waals surface area contributed by atoms with Crippen LogP contribution in [0.25, 0.3) is 10.9 Å². The van der Waals surface area contributed by atoms with E-state index in [4.69, 9.17) is 10.00 Å². The first kappa shape index (κ1) is 22.5. The Balaban J connectivity index is 1.63. The van der Waals surface area contributed by atoms with Gasteiger partial charge in [-0.2, -0.15) is 5.26 Å². The lowest BCUT2D eigenvalue weighted by molar-refractivity contribution is -0.124. The number of nitrogens with zero attached hydrogens (tertiary/aromatic N) is 4. The molecule has 0 fully saturated rings. The van der Waals surface area contributed by atoms with Crippen LogP contribution in [0.4, 0.5) is 5.69 Å². The second-order valence-corrected chi connectivity index (χ2v) is 7.00.